The van der Waals surface area contributed by atoms with Gasteiger partial charge in [0, 0.05) is 45.4 Å². The van der Waals surface area contributed by atoms with Crippen molar-refractivity contribution < 1.29 is 18.3 Å². The van der Waals surface area contributed by atoms with Crippen molar-refractivity contribution in [2.75, 3.05) is 30.4 Å². The molecule has 3 atom stereocenters. The molecular weight excluding hydrogens is 506 g/mol. The standard InChI is InChI=1S/C27H30F2N8O2/c1-15-12-36(13-21(30)26(15)33-16(2)38)24-6-7-31-11-23(24)34-27-32-10-18-4-5-22(35-37(18)27)25-19(28)8-17(14-39-3)9-20(25)29/h4-11,15,21,26H,12-14,30H2,1-3H3,(H,32,34)(H,33,38). The summed E-state index contributed by atoms with van der Waals surface area (Å²) in [6, 6.07) is 7.21. The Morgan fingerprint density at radius 3 is 2.64 bits per heavy atom. The third-order valence-corrected chi connectivity index (χ3v) is 6.82. The van der Waals surface area contributed by atoms with Gasteiger partial charge in [0.2, 0.25) is 11.9 Å². The number of imidazole rings is 1. The summed E-state index contributed by atoms with van der Waals surface area (Å²) in [5, 5.41) is 10.7. The molecule has 1 amide bonds. The maximum atomic E-state index is 14.9. The first-order chi connectivity index (χ1) is 18.7. The van der Waals surface area contributed by atoms with Crippen molar-refractivity contribution in [3.8, 4) is 11.3 Å². The van der Waals surface area contributed by atoms with Crippen LogP contribution in [0.15, 0.2) is 48.9 Å². The van der Waals surface area contributed by atoms with E-state index in [9.17, 15) is 13.6 Å². The number of nitrogens with zero attached hydrogens (tertiary/aromatic N) is 5. The second-order valence-electron chi connectivity index (χ2n) is 9.79. The molecule has 12 heteroatoms. The molecule has 1 aromatic carbocycles. The molecular formula is C27H30F2N8O2. The van der Waals surface area contributed by atoms with Gasteiger partial charge in [-0.25, -0.2) is 13.8 Å². The van der Waals surface area contributed by atoms with Gasteiger partial charge in [-0.05, 0) is 41.8 Å². The first kappa shape index (κ1) is 26.4. The Bertz CT molecular complexity index is 1480. The second kappa shape index (κ2) is 10.9. The summed E-state index contributed by atoms with van der Waals surface area (Å²) in [5.41, 5.74) is 8.87. The minimum Gasteiger partial charge on any atom is -0.380 e. The first-order valence-corrected chi connectivity index (χ1v) is 12.6. The van der Waals surface area contributed by atoms with E-state index < -0.39 is 11.6 Å². The number of amides is 1. The summed E-state index contributed by atoms with van der Waals surface area (Å²) in [5.74, 6) is -1.11. The number of hydrogen-bond acceptors (Lipinski definition) is 8. The Kier molecular flexibility index (Phi) is 7.40. The molecule has 4 aromatic rings. The van der Waals surface area contributed by atoms with Crippen LogP contribution in [0.3, 0.4) is 0 Å². The lowest BCUT2D eigenvalue weighted by atomic mass is 9.89. The normalized spacial score (nSPS) is 19.3. The Hall–Kier alpha value is -4.16. The van der Waals surface area contributed by atoms with E-state index in [1.165, 1.54) is 30.7 Å². The number of piperidine rings is 1. The van der Waals surface area contributed by atoms with Crippen molar-refractivity contribution in [3.63, 3.8) is 0 Å². The van der Waals surface area contributed by atoms with Crippen LogP contribution >= 0.6 is 0 Å². The Balaban J connectivity index is 1.45. The third-order valence-electron chi connectivity index (χ3n) is 6.82. The zero-order valence-corrected chi connectivity index (χ0v) is 21.9. The summed E-state index contributed by atoms with van der Waals surface area (Å²) in [6.45, 7) is 4.83. The molecule has 4 N–H and O–H groups in total. The van der Waals surface area contributed by atoms with Gasteiger partial charge in [-0.15, -0.1) is 0 Å². The molecule has 204 valence electrons. The highest BCUT2D eigenvalue weighted by Gasteiger charge is 2.34. The van der Waals surface area contributed by atoms with Crippen LogP contribution < -0.4 is 21.3 Å². The zero-order valence-electron chi connectivity index (χ0n) is 21.9. The summed E-state index contributed by atoms with van der Waals surface area (Å²) in [7, 11) is 1.46. The molecule has 3 unspecified atom stereocenters. The lowest BCUT2D eigenvalue weighted by molar-refractivity contribution is -0.120. The number of nitrogens with two attached hydrogens (primary N) is 1. The molecule has 1 saturated heterocycles. The van der Waals surface area contributed by atoms with Gasteiger partial charge >= 0.3 is 0 Å². The van der Waals surface area contributed by atoms with E-state index in [1.54, 1.807) is 30.7 Å². The van der Waals surface area contributed by atoms with Crippen LogP contribution in [-0.4, -0.2) is 57.8 Å². The maximum Gasteiger partial charge on any atom is 0.229 e. The lowest BCUT2D eigenvalue weighted by Crippen LogP contribution is -2.61. The number of anilines is 3. The van der Waals surface area contributed by atoms with Crippen molar-refractivity contribution in [2.45, 2.75) is 32.5 Å². The summed E-state index contributed by atoms with van der Waals surface area (Å²) in [4.78, 5) is 22.5. The van der Waals surface area contributed by atoms with E-state index in [-0.39, 0.29) is 41.8 Å². The number of benzene rings is 1. The third kappa shape index (κ3) is 5.38. The average Bonchev–Trinajstić information content (AvgIpc) is 3.28. The quantitative estimate of drug-likeness (QED) is 0.329. The molecule has 39 heavy (non-hydrogen) atoms. The molecule has 1 fully saturated rings. The maximum absolute atomic E-state index is 14.9. The van der Waals surface area contributed by atoms with Gasteiger partial charge in [0.25, 0.3) is 0 Å². The fraction of sp³-hybridized carbons (Fsp3) is 0.333. The van der Waals surface area contributed by atoms with Crippen molar-refractivity contribution >= 4 is 28.7 Å². The number of pyridine rings is 1. The molecule has 1 aliphatic rings. The van der Waals surface area contributed by atoms with Crippen LogP contribution in [0.2, 0.25) is 0 Å². The number of halogens is 2. The van der Waals surface area contributed by atoms with Gasteiger partial charge < -0.3 is 26.0 Å². The van der Waals surface area contributed by atoms with Gasteiger partial charge in [-0.2, -0.15) is 9.61 Å². The average molecular weight is 537 g/mol. The molecule has 0 radical (unpaired) electrons. The van der Waals surface area contributed by atoms with E-state index in [0.717, 1.165) is 5.69 Å². The molecule has 3 aromatic heterocycles. The number of nitrogens with one attached hydrogen (secondary N) is 2. The fourth-order valence-corrected chi connectivity index (χ4v) is 5.11. The van der Waals surface area contributed by atoms with Crippen LogP contribution in [0, 0.1) is 17.6 Å². The monoisotopic (exact) mass is 536 g/mol. The first-order valence-electron chi connectivity index (χ1n) is 12.6. The summed E-state index contributed by atoms with van der Waals surface area (Å²) >= 11 is 0. The fourth-order valence-electron chi connectivity index (χ4n) is 5.11. The van der Waals surface area contributed by atoms with Crippen molar-refractivity contribution in [1.29, 1.82) is 0 Å². The van der Waals surface area contributed by atoms with E-state index in [4.69, 9.17) is 10.5 Å². The van der Waals surface area contributed by atoms with E-state index >= 15 is 0 Å². The Morgan fingerprint density at radius 1 is 1.18 bits per heavy atom. The van der Waals surface area contributed by atoms with Crippen LogP contribution in [0.25, 0.3) is 16.8 Å². The molecule has 5 rings (SSSR count). The molecule has 10 nitrogen and oxygen atoms in total. The zero-order chi connectivity index (χ0) is 27.7. The Labute approximate surface area is 224 Å². The van der Waals surface area contributed by atoms with Crippen LogP contribution in [-0.2, 0) is 16.1 Å². The van der Waals surface area contributed by atoms with E-state index in [0.29, 0.717) is 35.8 Å². The molecule has 0 spiro atoms. The number of hydrogen-bond donors (Lipinski definition) is 3. The minimum absolute atomic E-state index is 0.0954. The molecule has 4 heterocycles. The topological polar surface area (TPSA) is 123 Å². The number of carbonyl (C=O) groups is 1. The van der Waals surface area contributed by atoms with Crippen molar-refractivity contribution in [2.24, 2.45) is 11.7 Å². The van der Waals surface area contributed by atoms with Crippen molar-refractivity contribution in [3.05, 3.63) is 66.1 Å². The largest absolute Gasteiger partial charge is 0.380 e. The van der Waals surface area contributed by atoms with Crippen LogP contribution in [0.4, 0.5) is 26.1 Å². The minimum atomic E-state index is -0.730. The molecule has 0 bridgehead atoms. The summed E-state index contributed by atoms with van der Waals surface area (Å²) in [6.07, 6.45) is 4.97. The highest BCUT2D eigenvalue weighted by Crippen LogP contribution is 2.32. The smallest absolute Gasteiger partial charge is 0.229 e. The Morgan fingerprint density at radius 2 is 1.95 bits per heavy atom. The number of carbonyl (C=O) groups excluding carboxylic acids is 1. The lowest BCUT2D eigenvalue weighted by Gasteiger charge is -2.42. The van der Waals surface area contributed by atoms with Crippen LogP contribution in [0.1, 0.15) is 19.4 Å². The predicted molar refractivity (Wildman–Crippen MR) is 144 cm³/mol. The predicted octanol–water partition coefficient (Wildman–Crippen LogP) is 3.25. The van der Waals surface area contributed by atoms with Gasteiger partial charge in [-0.3, -0.25) is 9.78 Å². The van der Waals surface area contributed by atoms with Crippen molar-refractivity contribution in [1.82, 2.24) is 24.9 Å². The van der Waals surface area contributed by atoms with Gasteiger partial charge in [0.1, 0.15) is 11.6 Å². The molecule has 0 saturated carbocycles. The summed E-state index contributed by atoms with van der Waals surface area (Å²) < 4.78 is 36.3. The number of aromatic nitrogens is 4. The number of fused-ring (bicyclic) bond motifs is 1. The van der Waals surface area contributed by atoms with E-state index in [1.807, 2.05) is 6.07 Å². The highest BCUT2D eigenvalue weighted by atomic mass is 19.1. The SMILES string of the molecule is COCc1cc(F)c(-c2ccc3cnc(Nc4cnccc4N4CC(C)C(NC(C)=O)C(N)C4)n3n2)c(F)c1. The molecule has 0 aliphatic carbocycles. The van der Waals surface area contributed by atoms with Gasteiger partial charge in [0.05, 0.1) is 47.1 Å². The molecule has 1 aliphatic heterocycles. The number of ether oxygens (including phenoxy) is 1. The van der Waals surface area contributed by atoms with Gasteiger partial charge in [-0.1, -0.05) is 6.92 Å². The number of methoxy groups -OCH3 is 1. The van der Waals surface area contributed by atoms with Gasteiger partial charge in [0.15, 0.2) is 0 Å². The van der Waals surface area contributed by atoms with Crippen LogP contribution in [0.5, 0.6) is 0 Å². The number of rotatable bonds is 7. The van der Waals surface area contributed by atoms with E-state index in [2.05, 4.69) is 37.5 Å². The second-order valence-corrected chi connectivity index (χ2v) is 9.79. The highest BCUT2D eigenvalue weighted by molar-refractivity contribution is 5.75.